The lowest BCUT2D eigenvalue weighted by Crippen LogP contribution is -2.18. The Morgan fingerprint density at radius 2 is 2.06 bits per heavy atom. The van der Waals surface area contributed by atoms with Crippen LogP contribution in [0.15, 0.2) is 12.1 Å². The summed E-state index contributed by atoms with van der Waals surface area (Å²) in [5, 5.41) is 12.5. The highest BCUT2D eigenvalue weighted by molar-refractivity contribution is 5.41. The maximum absolute atomic E-state index is 13.8. The minimum absolute atomic E-state index is 0.0597. The Hall–Kier alpha value is -1.33. The Morgan fingerprint density at radius 1 is 1.38 bits per heavy atom. The molecule has 1 unspecified atom stereocenters. The molecule has 0 aliphatic heterocycles. The van der Waals surface area contributed by atoms with Crippen molar-refractivity contribution in [3.05, 3.63) is 23.5 Å². The van der Waals surface area contributed by atoms with Gasteiger partial charge in [-0.2, -0.15) is 0 Å². The number of aliphatic hydroxyl groups is 1. The van der Waals surface area contributed by atoms with E-state index in [1.807, 2.05) is 0 Å². The molecule has 0 aliphatic rings. The smallest absolute Gasteiger partial charge is 0.171 e. The lowest BCUT2D eigenvalue weighted by molar-refractivity contribution is 0.171. The lowest BCUT2D eigenvalue weighted by atomic mass is 10.1. The molecule has 0 bridgehead atoms. The minimum Gasteiger partial charge on any atom is -0.497 e. The van der Waals surface area contributed by atoms with Crippen LogP contribution >= 0.6 is 0 Å². The van der Waals surface area contributed by atoms with Gasteiger partial charge in [-0.05, 0) is 13.1 Å². The molecule has 0 saturated heterocycles. The molecule has 1 atom stereocenters. The first-order valence-corrected chi connectivity index (χ1v) is 4.88. The third-order valence-electron chi connectivity index (χ3n) is 2.25. The van der Waals surface area contributed by atoms with Crippen LogP contribution in [0.2, 0.25) is 0 Å². The van der Waals surface area contributed by atoms with Gasteiger partial charge in [0.05, 0.1) is 20.3 Å². The van der Waals surface area contributed by atoms with Crippen LogP contribution in [-0.4, -0.2) is 32.9 Å². The number of aliphatic hydroxyl groups excluding tert-OH is 1. The Balaban J connectivity index is 3.15. The van der Waals surface area contributed by atoms with Gasteiger partial charge < -0.3 is 19.9 Å². The zero-order chi connectivity index (χ0) is 12.1. The van der Waals surface area contributed by atoms with E-state index in [1.54, 1.807) is 7.05 Å². The van der Waals surface area contributed by atoms with Crippen molar-refractivity contribution in [3.8, 4) is 11.5 Å². The molecule has 1 aromatic carbocycles. The monoisotopic (exact) mass is 229 g/mol. The normalized spacial score (nSPS) is 12.3. The largest absolute Gasteiger partial charge is 0.497 e. The van der Waals surface area contributed by atoms with Gasteiger partial charge in [-0.25, -0.2) is 4.39 Å². The van der Waals surface area contributed by atoms with Gasteiger partial charge in [0.25, 0.3) is 0 Å². The molecule has 5 heteroatoms. The van der Waals surface area contributed by atoms with Gasteiger partial charge in [-0.1, -0.05) is 0 Å². The molecule has 0 aliphatic carbocycles. The van der Waals surface area contributed by atoms with Crippen LogP contribution in [-0.2, 0) is 0 Å². The predicted molar refractivity (Wildman–Crippen MR) is 58.4 cm³/mol. The van der Waals surface area contributed by atoms with E-state index in [4.69, 9.17) is 9.47 Å². The van der Waals surface area contributed by atoms with Crippen molar-refractivity contribution in [1.82, 2.24) is 5.32 Å². The SMILES string of the molecule is CNCC(O)c1cc(OC)cc(OC)c1F. The van der Waals surface area contributed by atoms with Crippen molar-refractivity contribution in [1.29, 1.82) is 0 Å². The Labute approximate surface area is 94.0 Å². The van der Waals surface area contributed by atoms with Crippen LogP contribution in [0.1, 0.15) is 11.7 Å². The number of methoxy groups -OCH3 is 2. The summed E-state index contributed by atoms with van der Waals surface area (Å²) in [6, 6.07) is 2.89. The van der Waals surface area contributed by atoms with E-state index in [9.17, 15) is 9.50 Å². The maximum Gasteiger partial charge on any atom is 0.171 e. The number of benzene rings is 1. The third-order valence-corrected chi connectivity index (χ3v) is 2.25. The summed E-state index contributed by atoms with van der Waals surface area (Å²) in [7, 11) is 4.52. The molecule has 0 amide bonds. The summed E-state index contributed by atoms with van der Waals surface area (Å²) in [5.41, 5.74) is 0.158. The molecule has 1 rings (SSSR count). The highest BCUT2D eigenvalue weighted by Gasteiger charge is 2.17. The highest BCUT2D eigenvalue weighted by Crippen LogP contribution is 2.30. The zero-order valence-electron chi connectivity index (χ0n) is 9.58. The van der Waals surface area contributed by atoms with E-state index in [1.165, 1.54) is 26.4 Å². The fraction of sp³-hybridized carbons (Fsp3) is 0.455. The molecule has 16 heavy (non-hydrogen) atoms. The van der Waals surface area contributed by atoms with Crippen molar-refractivity contribution in [2.75, 3.05) is 27.8 Å². The van der Waals surface area contributed by atoms with Gasteiger partial charge >= 0.3 is 0 Å². The molecule has 0 heterocycles. The van der Waals surface area contributed by atoms with Crippen molar-refractivity contribution in [3.63, 3.8) is 0 Å². The number of hydrogen-bond acceptors (Lipinski definition) is 4. The van der Waals surface area contributed by atoms with Crippen LogP contribution in [0.25, 0.3) is 0 Å². The Bertz CT molecular complexity index is 357. The molecule has 1 aromatic rings. The molecule has 0 aromatic heterocycles. The molecular formula is C11H16FNO3. The highest BCUT2D eigenvalue weighted by atomic mass is 19.1. The van der Waals surface area contributed by atoms with E-state index < -0.39 is 11.9 Å². The second-order valence-electron chi connectivity index (χ2n) is 3.31. The maximum atomic E-state index is 13.8. The predicted octanol–water partition coefficient (Wildman–Crippen LogP) is 1.10. The zero-order valence-corrected chi connectivity index (χ0v) is 9.58. The molecular weight excluding hydrogens is 213 g/mol. The number of ether oxygens (including phenoxy) is 2. The summed E-state index contributed by atoms with van der Waals surface area (Å²) in [6.45, 7) is 0.257. The van der Waals surface area contributed by atoms with Crippen molar-refractivity contribution in [2.24, 2.45) is 0 Å². The van der Waals surface area contributed by atoms with Gasteiger partial charge in [0.1, 0.15) is 5.75 Å². The third kappa shape index (κ3) is 2.62. The molecule has 4 nitrogen and oxygen atoms in total. The average molecular weight is 229 g/mol. The van der Waals surface area contributed by atoms with Crippen LogP contribution in [0, 0.1) is 5.82 Å². The fourth-order valence-electron chi connectivity index (χ4n) is 1.41. The second kappa shape index (κ2) is 5.67. The van der Waals surface area contributed by atoms with E-state index in [2.05, 4.69) is 5.32 Å². The van der Waals surface area contributed by atoms with E-state index in [-0.39, 0.29) is 17.9 Å². The quantitative estimate of drug-likeness (QED) is 0.793. The van der Waals surface area contributed by atoms with E-state index >= 15 is 0 Å². The average Bonchev–Trinajstić information content (AvgIpc) is 2.29. The van der Waals surface area contributed by atoms with E-state index in [0.717, 1.165) is 0 Å². The van der Waals surface area contributed by atoms with Crippen molar-refractivity contribution in [2.45, 2.75) is 6.10 Å². The second-order valence-corrected chi connectivity index (χ2v) is 3.31. The number of rotatable bonds is 5. The summed E-state index contributed by atoms with van der Waals surface area (Å²) >= 11 is 0. The van der Waals surface area contributed by atoms with E-state index in [0.29, 0.717) is 5.75 Å². The van der Waals surface area contributed by atoms with Crippen molar-refractivity contribution < 1.29 is 19.0 Å². The number of halogens is 1. The summed E-state index contributed by atoms with van der Waals surface area (Å²) in [5.74, 6) is -0.0565. The Morgan fingerprint density at radius 3 is 2.56 bits per heavy atom. The molecule has 90 valence electrons. The number of likely N-dealkylation sites (N-methyl/N-ethyl adjacent to an activating group) is 1. The van der Waals surface area contributed by atoms with Gasteiger partial charge in [0.15, 0.2) is 11.6 Å². The van der Waals surface area contributed by atoms with Gasteiger partial charge in [0.2, 0.25) is 0 Å². The van der Waals surface area contributed by atoms with Gasteiger partial charge in [-0.15, -0.1) is 0 Å². The number of hydrogen-bond donors (Lipinski definition) is 2. The van der Waals surface area contributed by atoms with Gasteiger partial charge in [0, 0.05) is 18.2 Å². The topological polar surface area (TPSA) is 50.7 Å². The molecule has 0 radical (unpaired) electrons. The molecule has 0 spiro atoms. The number of nitrogens with one attached hydrogen (secondary N) is 1. The molecule has 0 saturated carbocycles. The summed E-state index contributed by atoms with van der Waals surface area (Å²) < 4.78 is 23.7. The summed E-state index contributed by atoms with van der Waals surface area (Å²) in [6.07, 6.45) is -0.936. The molecule has 0 fully saturated rings. The fourth-order valence-corrected chi connectivity index (χ4v) is 1.41. The van der Waals surface area contributed by atoms with Crippen LogP contribution in [0.5, 0.6) is 11.5 Å². The van der Waals surface area contributed by atoms with Crippen LogP contribution < -0.4 is 14.8 Å². The first-order valence-electron chi connectivity index (χ1n) is 4.88. The van der Waals surface area contributed by atoms with Crippen molar-refractivity contribution >= 4 is 0 Å². The summed E-state index contributed by atoms with van der Waals surface area (Å²) in [4.78, 5) is 0. The minimum atomic E-state index is -0.936. The van der Waals surface area contributed by atoms with Crippen LogP contribution in [0.4, 0.5) is 4.39 Å². The standard InChI is InChI=1S/C11H16FNO3/c1-13-6-9(14)8-4-7(15-2)5-10(16-3)11(8)12/h4-5,9,13-14H,6H2,1-3H3. The first kappa shape index (κ1) is 12.7. The molecule has 2 N–H and O–H groups in total. The first-order chi connectivity index (χ1) is 7.63. The lowest BCUT2D eigenvalue weighted by Gasteiger charge is -2.15. The van der Waals surface area contributed by atoms with Crippen LogP contribution in [0.3, 0.4) is 0 Å². The van der Waals surface area contributed by atoms with Gasteiger partial charge in [-0.3, -0.25) is 0 Å². The Kier molecular flexibility index (Phi) is 4.52.